The molecule has 3 fully saturated rings. The molecule has 0 aliphatic carbocycles. The Labute approximate surface area is 227 Å². The lowest BCUT2D eigenvalue weighted by atomic mass is 9.91. The zero-order chi connectivity index (χ0) is 27.5. The molecule has 0 bridgehead atoms. The van der Waals surface area contributed by atoms with Crippen LogP contribution in [0.1, 0.15) is 39.5 Å². The molecule has 5 rings (SSSR count). The highest BCUT2D eigenvalue weighted by Crippen LogP contribution is 2.55. The molecule has 8 atom stereocenters. The number of carbonyl (C=O) groups is 4. The maximum Gasteiger partial charge on any atom is 0.353 e. The summed E-state index contributed by atoms with van der Waals surface area (Å²) in [5, 5.41) is 39.0. The minimum atomic E-state index is -1.52. The number of thioether (sulfide) groups is 2. The van der Waals surface area contributed by atoms with Gasteiger partial charge in [-0.2, -0.15) is 0 Å². The van der Waals surface area contributed by atoms with E-state index in [-0.39, 0.29) is 10.6 Å². The van der Waals surface area contributed by atoms with Crippen LogP contribution < -0.4 is 0 Å². The third kappa shape index (κ3) is 4.34. The van der Waals surface area contributed by atoms with Crippen LogP contribution in [0.3, 0.4) is 0 Å². The zero-order valence-electron chi connectivity index (χ0n) is 20.8. The number of amides is 2. The van der Waals surface area contributed by atoms with Gasteiger partial charge in [0, 0.05) is 23.0 Å². The molecule has 208 valence electrons. The van der Waals surface area contributed by atoms with Crippen molar-refractivity contribution in [3.05, 3.63) is 21.2 Å². The smallest absolute Gasteiger partial charge is 0.353 e. The van der Waals surface area contributed by atoms with Gasteiger partial charge in [0.25, 0.3) is 5.91 Å². The lowest BCUT2D eigenvalue weighted by Gasteiger charge is -2.44. The van der Waals surface area contributed by atoms with Crippen molar-refractivity contribution in [1.29, 1.82) is 0 Å². The first-order chi connectivity index (χ1) is 18.0. The van der Waals surface area contributed by atoms with Crippen LogP contribution in [0.15, 0.2) is 21.2 Å². The van der Waals surface area contributed by atoms with Gasteiger partial charge in [-0.3, -0.25) is 24.2 Å². The molecular weight excluding hydrogens is 540 g/mol. The number of hydrogen-bond donors (Lipinski definition) is 4. The van der Waals surface area contributed by atoms with Crippen molar-refractivity contribution in [1.82, 2.24) is 9.80 Å². The Hall–Kier alpha value is -2.10. The van der Waals surface area contributed by atoms with E-state index in [1.54, 1.807) is 0 Å². The summed E-state index contributed by atoms with van der Waals surface area (Å²) < 4.78 is 11.5. The monoisotopic (exact) mass is 570 g/mol. The van der Waals surface area contributed by atoms with Crippen molar-refractivity contribution in [3.63, 3.8) is 0 Å². The van der Waals surface area contributed by atoms with E-state index in [1.165, 1.54) is 30.5 Å². The quantitative estimate of drug-likeness (QED) is 0.302. The predicted molar refractivity (Wildman–Crippen MR) is 134 cm³/mol. The first-order valence-electron chi connectivity index (χ1n) is 12.6. The van der Waals surface area contributed by atoms with E-state index < -0.39 is 76.4 Å². The summed E-state index contributed by atoms with van der Waals surface area (Å²) in [5.74, 6) is -6.42. The Morgan fingerprint density at radius 2 is 1.53 bits per heavy atom. The van der Waals surface area contributed by atoms with Gasteiger partial charge in [-0.1, -0.05) is 23.5 Å². The highest BCUT2D eigenvalue weighted by Gasteiger charge is 2.61. The number of aliphatic hydroxyl groups excluding tert-OH is 2. The molecule has 5 aliphatic heterocycles. The lowest BCUT2D eigenvalue weighted by Crippen LogP contribution is -2.62. The molecule has 5 aliphatic rings. The summed E-state index contributed by atoms with van der Waals surface area (Å²) in [6.07, 6.45) is -0.971. The number of aliphatic carboxylic acids is 2. The number of hydrogen-bond acceptors (Lipinski definition) is 10. The van der Waals surface area contributed by atoms with Crippen LogP contribution in [0.25, 0.3) is 0 Å². The number of rotatable bonds is 8. The highest BCUT2D eigenvalue weighted by atomic mass is 32.2. The number of carbonyl (C=O) groups excluding carboxylic acids is 2. The molecule has 0 aromatic rings. The van der Waals surface area contributed by atoms with Gasteiger partial charge in [0.1, 0.15) is 28.1 Å². The van der Waals surface area contributed by atoms with E-state index in [4.69, 9.17) is 9.47 Å². The van der Waals surface area contributed by atoms with E-state index in [0.29, 0.717) is 37.4 Å². The fourth-order valence-electron chi connectivity index (χ4n) is 5.66. The van der Waals surface area contributed by atoms with E-state index in [0.717, 1.165) is 23.1 Å². The van der Waals surface area contributed by atoms with Crippen LogP contribution in [0, 0.1) is 11.8 Å². The average Bonchev–Trinajstić information content (AvgIpc) is 3.62. The number of β-lactam (4-membered cyclic amide) rings is 1. The minimum absolute atomic E-state index is 0.0542. The van der Waals surface area contributed by atoms with Crippen molar-refractivity contribution in [2.75, 3.05) is 13.2 Å². The third-order valence-corrected chi connectivity index (χ3v) is 10.4. The van der Waals surface area contributed by atoms with E-state index in [9.17, 15) is 39.6 Å². The van der Waals surface area contributed by atoms with Gasteiger partial charge in [-0.15, -0.1) is 0 Å². The Morgan fingerprint density at radius 1 is 0.947 bits per heavy atom. The van der Waals surface area contributed by atoms with Gasteiger partial charge in [0.2, 0.25) is 5.91 Å². The van der Waals surface area contributed by atoms with Gasteiger partial charge < -0.3 is 29.9 Å². The van der Waals surface area contributed by atoms with Gasteiger partial charge >= 0.3 is 11.9 Å². The molecule has 14 heteroatoms. The van der Waals surface area contributed by atoms with Gasteiger partial charge in [0.15, 0.2) is 0 Å². The average molecular weight is 571 g/mol. The van der Waals surface area contributed by atoms with Crippen LogP contribution in [0.4, 0.5) is 0 Å². The van der Waals surface area contributed by atoms with E-state index in [1.807, 2.05) is 0 Å². The summed E-state index contributed by atoms with van der Waals surface area (Å²) >= 11 is 2.14. The normalized spacial score (nSPS) is 33.5. The van der Waals surface area contributed by atoms with Crippen molar-refractivity contribution < 1.29 is 49.1 Å². The molecule has 2 amide bonds. The van der Waals surface area contributed by atoms with Crippen molar-refractivity contribution in [2.45, 2.75) is 74.7 Å². The lowest BCUT2D eigenvalue weighted by molar-refractivity contribution is -0.156. The van der Waals surface area contributed by atoms with Crippen molar-refractivity contribution >= 4 is 47.3 Å². The maximum atomic E-state index is 14.4. The van der Waals surface area contributed by atoms with Crippen molar-refractivity contribution in [3.8, 4) is 0 Å². The molecule has 3 saturated heterocycles. The Morgan fingerprint density at radius 3 is 1.97 bits per heavy atom. The first-order valence-corrected chi connectivity index (χ1v) is 14.3. The maximum absolute atomic E-state index is 14.4. The van der Waals surface area contributed by atoms with Gasteiger partial charge in [-0.05, 0) is 39.5 Å². The molecule has 0 aromatic heterocycles. The number of aliphatic hydroxyl groups is 2. The largest absolute Gasteiger partial charge is 0.481 e. The Bertz CT molecular complexity index is 1110. The zero-order valence-corrected chi connectivity index (χ0v) is 22.4. The van der Waals surface area contributed by atoms with Crippen LogP contribution >= 0.6 is 23.5 Å². The van der Waals surface area contributed by atoms with Crippen LogP contribution in [-0.4, -0.2) is 102 Å². The second-order valence-corrected chi connectivity index (χ2v) is 12.3. The molecular formula is C24H30N2O10S2. The molecule has 0 spiro atoms. The second kappa shape index (κ2) is 10.5. The summed E-state index contributed by atoms with van der Waals surface area (Å²) in [5.41, 5.74) is -0.460. The topological polar surface area (TPSA) is 174 Å². The number of nitrogens with zero attached hydrogens (tertiary/aromatic N) is 2. The highest BCUT2D eigenvalue weighted by molar-refractivity contribution is 8.04. The van der Waals surface area contributed by atoms with Gasteiger partial charge in [-0.25, -0.2) is 4.79 Å². The van der Waals surface area contributed by atoms with E-state index >= 15 is 0 Å². The molecule has 5 heterocycles. The van der Waals surface area contributed by atoms with Gasteiger partial charge in [0.05, 0.1) is 30.3 Å². The summed E-state index contributed by atoms with van der Waals surface area (Å²) in [6.45, 7) is 3.63. The summed E-state index contributed by atoms with van der Waals surface area (Å²) in [7, 11) is 0. The molecule has 1 unspecified atom stereocenters. The SMILES string of the molecule is C[C@@H](O)C(C(=O)O)[C@H]1SC([C@H]2CCCO2)=C(C(=O)O)N1C(=O)C1=C([C@H]2CCCO2)S[C@@H]2[C@@H]([C@@H](C)O)C(=O)N12. The molecule has 0 radical (unpaired) electrons. The van der Waals surface area contributed by atoms with E-state index in [2.05, 4.69) is 0 Å². The summed E-state index contributed by atoms with van der Waals surface area (Å²) in [6, 6.07) is 0. The standard InChI is InChI=1S/C24H30N2O10S2/c1-9(27)13-19(29)25-15(17(37-21(13)25)11-5-3-7-35-11)20(30)26-16(24(33)34)18(12-6-4-8-36-12)38-22(26)14(10(2)28)23(31)32/h9-14,21-22,27-28H,3-8H2,1-2H3,(H,31,32)(H,33,34)/t9-,10-,11-,12-,13+,14?,21-,22-/m1/s1. The number of carboxylic acids is 2. The predicted octanol–water partition coefficient (Wildman–Crippen LogP) is 0.747. The third-order valence-electron chi connectivity index (χ3n) is 7.48. The molecule has 4 N–H and O–H groups in total. The van der Waals surface area contributed by atoms with Crippen molar-refractivity contribution in [2.24, 2.45) is 11.8 Å². The fourth-order valence-corrected chi connectivity index (χ4v) is 9.05. The fraction of sp³-hybridized carbons (Fsp3) is 0.667. The van der Waals surface area contributed by atoms with Crippen LogP contribution in [0.5, 0.6) is 0 Å². The minimum Gasteiger partial charge on any atom is -0.481 e. The van der Waals surface area contributed by atoms with Crippen LogP contribution in [-0.2, 0) is 28.7 Å². The second-order valence-electron chi connectivity index (χ2n) is 10.0. The molecule has 38 heavy (non-hydrogen) atoms. The molecule has 0 saturated carbocycles. The summed E-state index contributed by atoms with van der Waals surface area (Å²) in [4.78, 5) is 55.2. The molecule has 12 nitrogen and oxygen atoms in total. The number of fused-ring (bicyclic) bond motifs is 1. The number of ether oxygens (including phenoxy) is 2. The first kappa shape index (κ1) is 27.5. The van der Waals surface area contributed by atoms with Crippen LogP contribution in [0.2, 0.25) is 0 Å². The Kier molecular flexibility index (Phi) is 7.57. The molecule has 0 aromatic carbocycles. The Balaban J connectivity index is 1.62. The number of carboxylic acid groups (broad SMARTS) is 2.